The fraction of sp³-hybridized carbons (Fsp3) is 0.250. The SMILES string of the molecule is O=S(=O)(Nc1cccc(CO)c1)c1ccc2c(c1)CCC2. The van der Waals surface area contributed by atoms with Gasteiger partial charge < -0.3 is 5.11 Å². The first-order chi connectivity index (χ1) is 10.1. The number of aliphatic hydroxyl groups excluding tert-OH is 1. The van der Waals surface area contributed by atoms with E-state index in [0.29, 0.717) is 11.3 Å². The largest absolute Gasteiger partial charge is 0.392 e. The van der Waals surface area contributed by atoms with Gasteiger partial charge in [0.25, 0.3) is 10.0 Å². The number of aryl methyl sites for hydroxylation is 2. The molecule has 2 aromatic rings. The summed E-state index contributed by atoms with van der Waals surface area (Å²) in [5.41, 5.74) is 3.50. The summed E-state index contributed by atoms with van der Waals surface area (Å²) in [4.78, 5) is 0.289. The minimum Gasteiger partial charge on any atom is -0.392 e. The second kappa shape index (κ2) is 5.50. The number of fused-ring (bicyclic) bond motifs is 1. The van der Waals surface area contributed by atoms with Crippen LogP contribution in [0.15, 0.2) is 47.4 Å². The van der Waals surface area contributed by atoms with E-state index in [2.05, 4.69) is 4.72 Å². The standard InChI is InChI=1S/C16H17NO3S/c18-11-12-3-1-6-15(9-12)17-21(19,20)16-8-7-13-4-2-5-14(13)10-16/h1,3,6-10,17-18H,2,4-5,11H2. The zero-order valence-electron chi connectivity index (χ0n) is 11.5. The first kappa shape index (κ1) is 14.1. The van der Waals surface area contributed by atoms with E-state index in [0.717, 1.165) is 24.8 Å². The summed E-state index contributed by atoms with van der Waals surface area (Å²) in [6.07, 6.45) is 3.06. The van der Waals surface area contributed by atoms with E-state index < -0.39 is 10.0 Å². The second-order valence-electron chi connectivity index (χ2n) is 5.25. The van der Waals surface area contributed by atoms with Gasteiger partial charge in [0.05, 0.1) is 11.5 Å². The third-order valence-corrected chi connectivity index (χ3v) is 5.12. The van der Waals surface area contributed by atoms with Crippen LogP contribution >= 0.6 is 0 Å². The molecule has 1 aliphatic rings. The summed E-state index contributed by atoms with van der Waals surface area (Å²) >= 11 is 0. The third-order valence-electron chi connectivity index (χ3n) is 3.74. The van der Waals surface area contributed by atoms with E-state index in [1.54, 1.807) is 36.4 Å². The summed E-state index contributed by atoms with van der Waals surface area (Å²) in [7, 11) is -3.59. The molecule has 1 aliphatic carbocycles. The van der Waals surface area contributed by atoms with Gasteiger partial charge in [-0.1, -0.05) is 18.2 Å². The Morgan fingerprint density at radius 3 is 2.67 bits per heavy atom. The van der Waals surface area contributed by atoms with Crippen LogP contribution in [0, 0.1) is 0 Å². The normalized spacial score (nSPS) is 14.0. The zero-order valence-corrected chi connectivity index (χ0v) is 12.4. The van der Waals surface area contributed by atoms with Gasteiger partial charge in [-0.05, 0) is 60.2 Å². The van der Waals surface area contributed by atoms with E-state index in [1.807, 2.05) is 6.07 Å². The summed E-state index contributed by atoms with van der Waals surface area (Å²) < 4.78 is 27.4. The molecule has 0 bridgehead atoms. The summed E-state index contributed by atoms with van der Waals surface area (Å²) in [5, 5.41) is 9.11. The molecule has 5 heteroatoms. The highest BCUT2D eigenvalue weighted by Gasteiger charge is 2.18. The number of benzene rings is 2. The number of nitrogens with one attached hydrogen (secondary N) is 1. The van der Waals surface area contributed by atoms with E-state index in [4.69, 9.17) is 5.11 Å². The van der Waals surface area contributed by atoms with Crippen LogP contribution < -0.4 is 4.72 Å². The van der Waals surface area contributed by atoms with Crippen LogP contribution in [0.1, 0.15) is 23.1 Å². The highest BCUT2D eigenvalue weighted by molar-refractivity contribution is 7.92. The quantitative estimate of drug-likeness (QED) is 0.912. The molecule has 0 saturated heterocycles. The number of hydrogen-bond donors (Lipinski definition) is 2. The average Bonchev–Trinajstić information content (AvgIpc) is 2.94. The van der Waals surface area contributed by atoms with Crippen LogP contribution in [0.3, 0.4) is 0 Å². The van der Waals surface area contributed by atoms with Crippen LogP contribution in [0.4, 0.5) is 5.69 Å². The molecule has 2 aromatic carbocycles. The van der Waals surface area contributed by atoms with Crippen molar-refractivity contribution in [3.05, 3.63) is 59.2 Å². The van der Waals surface area contributed by atoms with Gasteiger partial charge >= 0.3 is 0 Å². The Kier molecular flexibility index (Phi) is 3.69. The molecule has 0 aliphatic heterocycles. The Labute approximate surface area is 124 Å². The minimum absolute atomic E-state index is 0.117. The molecule has 4 nitrogen and oxygen atoms in total. The van der Waals surface area contributed by atoms with E-state index in [1.165, 1.54) is 5.56 Å². The topological polar surface area (TPSA) is 66.4 Å². The molecule has 0 radical (unpaired) electrons. The van der Waals surface area contributed by atoms with Crippen molar-refractivity contribution < 1.29 is 13.5 Å². The fourth-order valence-electron chi connectivity index (χ4n) is 2.66. The number of aliphatic hydroxyl groups is 1. The molecule has 0 amide bonds. The van der Waals surface area contributed by atoms with E-state index >= 15 is 0 Å². The Balaban J connectivity index is 1.89. The van der Waals surface area contributed by atoms with Gasteiger partial charge in [-0.25, -0.2) is 8.42 Å². The van der Waals surface area contributed by atoms with Crippen molar-refractivity contribution in [3.63, 3.8) is 0 Å². The Bertz CT molecular complexity index is 769. The predicted octanol–water partition coefficient (Wildman–Crippen LogP) is 2.47. The molecule has 0 spiro atoms. The molecular weight excluding hydrogens is 286 g/mol. The van der Waals surface area contributed by atoms with Crippen molar-refractivity contribution in [1.29, 1.82) is 0 Å². The number of rotatable bonds is 4. The molecule has 0 saturated carbocycles. The Morgan fingerprint density at radius 1 is 1.05 bits per heavy atom. The lowest BCUT2D eigenvalue weighted by Crippen LogP contribution is -2.13. The Morgan fingerprint density at radius 2 is 1.86 bits per heavy atom. The van der Waals surface area contributed by atoms with Crippen molar-refractivity contribution in [2.45, 2.75) is 30.8 Å². The van der Waals surface area contributed by atoms with Gasteiger partial charge in [0, 0.05) is 5.69 Å². The second-order valence-corrected chi connectivity index (χ2v) is 6.93. The molecular formula is C16H17NO3S. The van der Waals surface area contributed by atoms with Crippen LogP contribution in [0.5, 0.6) is 0 Å². The molecule has 2 N–H and O–H groups in total. The maximum Gasteiger partial charge on any atom is 0.261 e. The molecule has 110 valence electrons. The molecule has 3 rings (SSSR count). The predicted molar refractivity (Wildman–Crippen MR) is 81.6 cm³/mol. The van der Waals surface area contributed by atoms with Crippen LogP contribution in [0.25, 0.3) is 0 Å². The maximum atomic E-state index is 12.4. The van der Waals surface area contributed by atoms with Crippen molar-refractivity contribution in [3.8, 4) is 0 Å². The molecule has 21 heavy (non-hydrogen) atoms. The average molecular weight is 303 g/mol. The molecule has 0 atom stereocenters. The number of anilines is 1. The lowest BCUT2D eigenvalue weighted by molar-refractivity contribution is 0.282. The highest BCUT2D eigenvalue weighted by atomic mass is 32.2. The third kappa shape index (κ3) is 2.94. The first-order valence-electron chi connectivity index (χ1n) is 6.93. The highest BCUT2D eigenvalue weighted by Crippen LogP contribution is 2.26. The minimum atomic E-state index is -3.59. The lowest BCUT2D eigenvalue weighted by atomic mass is 10.1. The van der Waals surface area contributed by atoms with Gasteiger partial charge in [-0.3, -0.25) is 4.72 Å². The van der Waals surface area contributed by atoms with Gasteiger partial charge in [-0.15, -0.1) is 0 Å². The van der Waals surface area contributed by atoms with Gasteiger partial charge in [0.15, 0.2) is 0 Å². The van der Waals surface area contributed by atoms with Gasteiger partial charge in [0.1, 0.15) is 0 Å². The van der Waals surface area contributed by atoms with Crippen molar-refractivity contribution in [1.82, 2.24) is 0 Å². The summed E-state index contributed by atoms with van der Waals surface area (Å²) in [5.74, 6) is 0. The van der Waals surface area contributed by atoms with Crippen LogP contribution in [-0.4, -0.2) is 13.5 Å². The molecule has 0 heterocycles. The van der Waals surface area contributed by atoms with Gasteiger partial charge in [0.2, 0.25) is 0 Å². The van der Waals surface area contributed by atoms with Crippen molar-refractivity contribution in [2.75, 3.05) is 4.72 Å². The van der Waals surface area contributed by atoms with Crippen molar-refractivity contribution >= 4 is 15.7 Å². The van der Waals surface area contributed by atoms with Gasteiger partial charge in [-0.2, -0.15) is 0 Å². The van der Waals surface area contributed by atoms with E-state index in [9.17, 15) is 8.42 Å². The fourth-order valence-corrected chi connectivity index (χ4v) is 3.76. The smallest absolute Gasteiger partial charge is 0.261 e. The monoisotopic (exact) mass is 303 g/mol. The van der Waals surface area contributed by atoms with Crippen LogP contribution in [-0.2, 0) is 29.5 Å². The number of sulfonamides is 1. The summed E-state index contributed by atoms with van der Waals surface area (Å²) in [6, 6.07) is 12.1. The first-order valence-corrected chi connectivity index (χ1v) is 8.41. The lowest BCUT2D eigenvalue weighted by Gasteiger charge is -2.10. The van der Waals surface area contributed by atoms with Crippen molar-refractivity contribution in [2.24, 2.45) is 0 Å². The van der Waals surface area contributed by atoms with E-state index in [-0.39, 0.29) is 11.5 Å². The maximum absolute atomic E-state index is 12.4. The summed E-state index contributed by atoms with van der Waals surface area (Å²) in [6.45, 7) is -0.117. The molecule has 0 fully saturated rings. The Hall–Kier alpha value is -1.85. The zero-order chi connectivity index (χ0) is 14.9. The number of hydrogen-bond acceptors (Lipinski definition) is 3. The molecule has 0 unspecified atom stereocenters. The van der Waals surface area contributed by atoms with Crippen LogP contribution in [0.2, 0.25) is 0 Å². The molecule has 0 aromatic heterocycles.